The van der Waals surface area contributed by atoms with Gasteiger partial charge in [0.15, 0.2) is 0 Å². The molecule has 0 aliphatic rings. The molecule has 0 saturated carbocycles. The Morgan fingerprint density at radius 3 is 2.81 bits per heavy atom. The third-order valence-electron chi connectivity index (χ3n) is 3.94. The molecule has 0 fully saturated rings. The van der Waals surface area contributed by atoms with Gasteiger partial charge in [-0.05, 0) is 30.3 Å². The zero-order valence-corrected chi connectivity index (χ0v) is 15.8. The molecule has 0 aliphatic heterocycles. The standard InChI is InChI=1S/C19H17ClFNO3S/c1-24-10-13-17-14(21)4-3-5-16(17)26-18(13)19(23)22-9-11-8-12(20)6-7-15(11)25-2/h3-8H,9-10H2,1-2H3,(H,22,23). The lowest BCUT2D eigenvalue weighted by molar-refractivity contribution is 0.0950. The zero-order chi connectivity index (χ0) is 18.7. The number of hydrogen-bond donors (Lipinski definition) is 1. The quantitative estimate of drug-likeness (QED) is 0.655. The average Bonchev–Trinajstić information content (AvgIpc) is 3.00. The van der Waals surface area contributed by atoms with Crippen molar-refractivity contribution in [1.82, 2.24) is 5.32 Å². The van der Waals surface area contributed by atoms with Crippen molar-refractivity contribution in [2.45, 2.75) is 13.2 Å². The molecule has 7 heteroatoms. The Kier molecular flexibility index (Phi) is 5.76. The summed E-state index contributed by atoms with van der Waals surface area (Å²) in [6.07, 6.45) is 0. The second-order valence-electron chi connectivity index (χ2n) is 5.59. The van der Waals surface area contributed by atoms with Crippen molar-refractivity contribution in [2.24, 2.45) is 0 Å². The Bertz CT molecular complexity index is 957. The van der Waals surface area contributed by atoms with Crippen LogP contribution in [0.25, 0.3) is 10.1 Å². The molecule has 3 rings (SSSR count). The van der Waals surface area contributed by atoms with Crippen molar-refractivity contribution in [1.29, 1.82) is 0 Å². The number of hydrogen-bond acceptors (Lipinski definition) is 4. The van der Waals surface area contributed by atoms with Crippen LogP contribution in [0.5, 0.6) is 5.75 Å². The van der Waals surface area contributed by atoms with Crippen LogP contribution in [0.3, 0.4) is 0 Å². The van der Waals surface area contributed by atoms with E-state index in [4.69, 9.17) is 21.1 Å². The van der Waals surface area contributed by atoms with Crippen molar-refractivity contribution < 1.29 is 18.7 Å². The second kappa shape index (κ2) is 8.03. The van der Waals surface area contributed by atoms with Crippen LogP contribution in [0.4, 0.5) is 4.39 Å². The molecule has 1 N–H and O–H groups in total. The molecule has 1 heterocycles. The molecule has 0 unspecified atom stereocenters. The van der Waals surface area contributed by atoms with Gasteiger partial charge in [-0.3, -0.25) is 4.79 Å². The van der Waals surface area contributed by atoms with E-state index in [-0.39, 0.29) is 24.9 Å². The van der Waals surface area contributed by atoms with E-state index in [1.807, 2.05) is 0 Å². The molecule has 4 nitrogen and oxygen atoms in total. The first kappa shape index (κ1) is 18.6. The number of halogens is 2. The van der Waals surface area contributed by atoms with Crippen LogP contribution in [-0.4, -0.2) is 20.1 Å². The number of thiophene rings is 1. The van der Waals surface area contributed by atoms with Gasteiger partial charge < -0.3 is 14.8 Å². The van der Waals surface area contributed by atoms with E-state index in [1.54, 1.807) is 37.4 Å². The first-order valence-corrected chi connectivity index (χ1v) is 9.04. The highest BCUT2D eigenvalue weighted by Crippen LogP contribution is 2.34. The largest absolute Gasteiger partial charge is 0.496 e. The SMILES string of the molecule is COCc1c(C(=O)NCc2cc(Cl)ccc2OC)sc2cccc(F)c12. The predicted molar refractivity (Wildman–Crippen MR) is 102 cm³/mol. The van der Waals surface area contributed by atoms with Gasteiger partial charge in [0, 0.05) is 39.9 Å². The minimum Gasteiger partial charge on any atom is -0.496 e. The van der Waals surface area contributed by atoms with Crippen molar-refractivity contribution in [3.63, 3.8) is 0 Å². The highest BCUT2D eigenvalue weighted by molar-refractivity contribution is 7.21. The van der Waals surface area contributed by atoms with E-state index in [0.717, 1.165) is 5.56 Å². The van der Waals surface area contributed by atoms with E-state index in [9.17, 15) is 9.18 Å². The van der Waals surface area contributed by atoms with Crippen LogP contribution >= 0.6 is 22.9 Å². The minimum absolute atomic E-state index is 0.157. The van der Waals surface area contributed by atoms with E-state index < -0.39 is 0 Å². The number of nitrogens with one attached hydrogen (secondary N) is 1. The number of carbonyl (C=O) groups excluding carboxylic acids is 1. The summed E-state index contributed by atoms with van der Waals surface area (Å²) in [6.45, 7) is 0.399. The zero-order valence-electron chi connectivity index (χ0n) is 14.3. The van der Waals surface area contributed by atoms with Gasteiger partial charge in [-0.1, -0.05) is 17.7 Å². The van der Waals surface area contributed by atoms with Gasteiger partial charge in [-0.15, -0.1) is 11.3 Å². The fourth-order valence-electron chi connectivity index (χ4n) is 2.77. The number of carbonyl (C=O) groups is 1. The smallest absolute Gasteiger partial charge is 0.262 e. The number of methoxy groups -OCH3 is 2. The van der Waals surface area contributed by atoms with Gasteiger partial charge in [0.1, 0.15) is 11.6 Å². The molecule has 136 valence electrons. The summed E-state index contributed by atoms with van der Waals surface area (Å²) >= 11 is 7.26. The molecule has 0 bridgehead atoms. The molecule has 0 spiro atoms. The van der Waals surface area contributed by atoms with Crippen LogP contribution < -0.4 is 10.1 Å². The highest BCUT2D eigenvalue weighted by Gasteiger charge is 2.20. The normalized spacial score (nSPS) is 10.9. The molecule has 3 aromatic rings. The van der Waals surface area contributed by atoms with E-state index in [0.29, 0.717) is 31.3 Å². The van der Waals surface area contributed by atoms with Gasteiger partial charge in [0.25, 0.3) is 5.91 Å². The Hall–Kier alpha value is -2.15. The Labute approximate surface area is 159 Å². The topological polar surface area (TPSA) is 47.6 Å². The highest BCUT2D eigenvalue weighted by atomic mass is 35.5. The number of amides is 1. The lowest BCUT2D eigenvalue weighted by Gasteiger charge is -2.10. The minimum atomic E-state index is -0.360. The average molecular weight is 394 g/mol. The van der Waals surface area contributed by atoms with Crippen LogP contribution in [-0.2, 0) is 17.9 Å². The van der Waals surface area contributed by atoms with Crippen LogP contribution in [0.1, 0.15) is 20.8 Å². The summed E-state index contributed by atoms with van der Waals surface area (Å²) in [5.41, 5.74) is 1.31. The summed E-state index contributed by atoms with van der Waals surface area (Å²) in [7, 11) is 3.07. The van der Waals surface area contributed by atoms with Gasteiger partial charge >= 0.3 is 0 Å². The first-order valence-electron chi connectivity index (χ1n) is 7.84. The Morgan fingerprint density at radius 2 is 2.08 bits per heavy atom. The lowest BCUT2D eigenvalue weighted by Crippen LogP contribution is -2.23. The molecule has 1 amide bonds. The number of fused-ring (bicyclic) bond motifs is 1. The molecular formula is C19H17ClFNO3S. The van der Waals surface area contributed by atoms with Crippen molar-refractivity contribution in [2.75, 3.05) is 14.2 Å². The first-order chi connectivity index (χ1) is 12.5. The Balaban J connectivity index is 1.90. The van der Waals surface area contributed by atoms with Crippen molar-refractivity contribution in [3.8, 4) is 5.75 Å². The summed E-state index contributed by atoms with van der Waals surface area (Å²) in [4.78, 5) is 13.2. The summed E-state index contributed by atoms with van der Waals surface area (Å²) in [5.74, 6) is -0.0183. The third kappa shape index (κ3) is 3.67. The van der Waals surface area contributed by atoms with Gasteiger partial charge in [0.05, 0.1) is 18.6 Å². The molecular weight excluding hydrogens is 377 g/mol. The summed E-state index contributed by atoms with van der Waals surface area (Å²) in [6, 6.07) is 10.0. The molecule has 0 radical (unpaired) electrons. The van der Waals surface area contributed by atoms with Crippen LogP contribution in [0.15, 0.2) is 36.4 Å². The number of ether oxygens (including phenoxy) is 2. The lowest BCUT2D eigenvalue weighted by atomic mass is 10.1. The third-order valence-corrected chi connectivity index (χ3v) is 5.37. The van der Waals surface area contributed by atoms with Gasteiger partial charge in [-0.2, -0.15) is 0 Å². The molecule has 0 aliphatic carbocycles. The van der Waals surface area contributed by atoms with Gasteiger partial charge in [-0.25, -0.2) is 4.39 Å². The maximum atomic E-state index is 14.2. The number of rotatable bonds is 6. The number of benzene rings is 2. The van der Waals surface area contributed by atoms with Crippen molar-refractivity contribution >= 4 is 38.9 Å². The van der Waals surface area contributed by atoms with Gasteiger partial charge in [0.2, 0.25) is 0 Å². The fraction of sp³-hybridized carbons (Fsp3) is 0.211. The molecule has 0 atom stereocenters. The second-order valence-corrected chi connectivity index (χ2v) is 7.08. The summed E-state index contributed by atoms with van der Waals surface area (Å²) < 4.78 is 25.4. The Morgan fingerprint density at radius 1 is 1.27 bits per heavy atom. The molecule has 0 saturated heterocycles. The van der Waals surface area contributed by atoms with E-state index in [2.05, 4.69) is 5.32 Å². The fourth-order valence-corrected chi connectivity index (χ4v) is 4.11. The van der Waals surface area contributed by atoms with Crippen LogP contribution in [0.2, 0.25) is 5.02 Å². The van der Waals surface area contributed by atoms with Crippen molar-refractivity contribution in [3.05, 3.63) is 63.2 Å². The summed E-state index contributed by atoms with van der Waals surface area (Å²) in [5, 5.41) is 3.84. The molecule has 26 heavy (non-hydrogen) atoms. The van der Waals surface area contributed by atoms with Crippen LogP contribution in [0, 0.1) is 5.82 Å². The maximum absolute atomic E-state index is 14.2. The van der Waals surface area contributed by atoms with E-state index in [1.165, 1.54) is 24.5 Å². The van der Waals surface area contributed by atoms with E-state index >= 15 is 0 Å². The monoisotopic (exact) mass is 393 g/mol. The molecule has 1 aromatic heterocycles. The predicted octanol–water partition coefficient (Wildman–Crippen LogP) is 4.78. The maximum Gasteiger partial charge on any atom is 0.262 e. The molecule has 2 aromatic carbocycles.